The first-order valence-corrected chi connectivity index (χ1v) is 4.08. The summed E-state index contributed by atoms with van der Waals surface area (Å²) in [5.74, 6) is 0.483. The Kier molecular flexibility index (Phi) is 4.77. The highest BCUT2D eigenvalue weighted by Gasteiger charge is 2.01. The van der Waals surface area contributed by atoms with Gasteiger partial charge in [0, 0.05) is 5.71 Å². The molecular weight excluding hydrogens is 158 g/mol. The molecule has 64 valence electrons. The van der Waals surface area contributed by atoms with Gasteiger partial charge in [0.05, 0.1) is 0 Å². The topological polar surface area (TPSA) is 50.4 Å². The van der Waals surface area contributed by atoms with E-state index in [0.717, 1.165) is 12.1 Å². The Hall–Kier alpha value is -0.640. The fourth-order valence-corrected chi connectivity index (χ4v) is 0.595. The van der Waals surface area contributed by atoms with Crippen LogP contribution in [0.25, 0.3) is 0 Å². The molecular formula is C7H15N3S. The van der Waals surface area contributed by atoms with E-state index in [1.54, 1.807) is 0 Å². The van der Waals surface area contributed by atoms with Crippen LogP contribution >= 0.6 is 12.2 Å². The van der Waals surface area contributed by atoms with Gasteiger partial charge < -0.3 is 5.73 Å². The number of hydrogen-bond donors (Lipinski definition) is 2. The van der Waals surface area contributed by atoms with Gasteiger partial charge in [-0.2, -0.15) is 5.10 Å². The Labute approximate surface area is 73.0 Å². The van der Waals surface area contributed by atoms with Crippen LogP contribution in [0.15, 0.2) is 5.10 Å². The minimum Gasteiger partial charge on any atom is -0.375 e. The van der Waals surface area contributed by atoms with Crippen molar-refractivity contribution >= 4 is 23.0 Å². The molecule has 4 heteroatoms. The Morgan fingerprint density at radius 1 is 1.73 bits per heavy atom. The zero-order valence-electron chi connectivity index (χ0n) is 7.22. The molecule has 0 aliphatic carbocycles. The third-order valence-corrected chi connectivity index (χ3v) is 1.76. The van der Waals surface area contributed by atoms with Crippen LogP contribution in [0.1, 0.15) is 27.2 Å². The highest BCUT2D eigenvalue weighted by molar-refractivity contribution is 7.80. The lowest BCUT2D eigenvalue weighted by molar-refractivity contribution is 0.727. The Morgan fingerprint density at radius 2 is 2.27 bits per heavy atom. The van der Waals surface area contributed by atoms with E-state index in [1.165, 1.54) is 0 Å². The lowest BCUT2D eigenvalue weighted by Crippen LogP contribution is -2.26. The minimum atomic E-state index is 0.215. The van der Waals surface area contributed by atoms with Gasteiger partial charge in [0.25, 0.3) is 0 Å². The van der Waals surface area contributed by atoms with Crippen LogP contribution in [0, 0.1) is 5.92 Å². The number of rotatable bonds is 3. The summed E-state index contributed by atoms with van der Waals surface area (Å²) in [6, 6.07) is 0. The number of hydrogen-bond acceptors (Lipinski definition) is 2. The molecule has 0 heterocycles. The first kappa shape index (κ1) is 10.4. The van der Waals surface area contributed by atoms with Crippen molar-refractivity contribution in [1.29, 1.82) is 0 Å². The van der Waals surface area contributed by atoms with E-state index in [0.29, 0.717) is 5.92 Å². The van der Waals surface area contributed by atoms with Crippen molar-refractivity contribution in [2.45, 2.75) is 27.2 Å². The Bertz CT molecular complexity index is 165. The van der Waals surface area contributed by atoms with E-state index < -0.39 is 0 Å². The monoisotopic (exact) mass is 173 g/mol. The summed E-state index contributed by atoms with van der Waals surface area (Å²) in [5, 5.41) is 4.21. The maximum atomic E-state index is 5.20. The van der Waals surface area contributed by atoms with E-state index in [9.17, 15) is 0 Å². The SMILES string of the molecule is CCC(C)/C(C)=N\NC(N)=S. The van der Waals surface area contributed by atoms with E-state index in [4.69, 9.17) is 5.73 Å². The molecule has 3 nitrogen and oxygen atoms in total. The summed E-state index contributed by atoms with van der Waals surface area (Å²) in [4.78, 5) is 0. The Balaban J connectivity index is 3.89. The lowest BCUT2D eigenvalue weighted by Gasteiger charge is -2.07. The van der Waals surface area contributed by atoms with Crippen LogP contribution in [0.4, 0.5) is 0 Å². The van der Waals surface area contributed by atoms with Crippen molar-refractivity contribution in [2.75, 3.05) is 0 Å². The largest absolute Gasteiger partial charge is 0.375 e. The zero-order valence-corrected chi connectivity index (χ0v) is 8.03. The average Bonchev–Trinajstić information content (AvgIpc) is 1.98. The number of thiocarbonyl (C=S) groups is 1. The van der Waals surface area contributed by atoms with Crippen LogP contribution in [-0.2, 0) is 0 Å². The minimum absolute atomic E-state index is 0.215. The molecule has 1 unspecified atom stereocenters. The van der Waals surface area contributed by atoms with Crippen LogP contribution in [-0.4, -0.2) is 10.8 Å². The number of hydrazone groups is 1. The van der Waals surface area contributed by atoms with Crippen LogP contribution < -0.4 is 11.2 Å². The maximum Gasteiger partial charge on any atom is 0.184 e. The fourth-order valence-electron chi connectivity index (χ4n) is 0.549. The van der Waals surface area contributed by atoms with E-state index >= 15 is 0 Å². The predicted molar refractivity (Wildman–Crippen MR) is 52.5 cm³/mol. The molecule has 0 aliphatic rings. The van der Waals surface area contributed by atoms with Gasteiger partial charge in [0.1, 0.15) is 0 Å². The second-order valence-electron chi connectivity index (χ2n) is 2.54. The molecule has 0 saturated carbocycles. The molecule has 1 atom stereocenters. The molecule has 0 aliphatic heterocycles. The predicted octanol–water partition coefficient (Wildman–Crippen LogP) is 1.24. The van der Waals surface area contributed by atoms with Crippen molar-refractivity contribution in [3.05, 3.63) is 0 Å². The van der Waals surface area contributed by atoms with Gasteiger partial charge in [-0.25, -0.2) is 0 Å². The quantitative estimate of drug-likeness (QED) is 0.383. The standard InChI is InChI=1S/C7H15N3S/c1-4-5(2)6(3)9-10-7(8)11/h5H,4H2,1-3H3,(H3,8,10,11)/b9-6-. The lowest BCUT2D eigenvalue weighted by atomic mass is 10.1. The second-order valence-corrected chi connectivity index (χ2v) is 2.98. The van der Waals surface area contributed by atoms with Gasteiger partial charge >= 0.3 is 0 Å². The first-order valence-electron chi connectivity index (χ1n) is 3.67. The van der Waals surface area contributed by atoms with Crippen molar-refractivity contribution in [1.82, 2.24) is 5.43 Å². The van der Waals surface area contributed by atoms with E-state index in [1.807, 2.05) is 6.92 Å². The van der Waals surface area contributed by atoms with Gasteiger partial charge in [-0.15, -0.1) is 0 Å². The third kappa shape index (κ3) is 4.72. The molecule has 0 saturated heterocycles. The zero-order chi connectivity index (χ0) is 8.85. The van der Waals surface area contributed by atoms with Crippen molar-refractivity contribution in [3.8, 4) is 0 Å². The molecule has 0 amide bonds. The highest BCUT2D eigenvalue weighted by Crippen LogP contribution is 2.01. The van der Waals surface area contributed by atoms with Gasteiger partial charge in [0.15, 0.2) is 5.11 Å². The smallest absolute Gasteiger partial charge is 0.184 e. The van der Waals surface area contributed by atoms with Crippen LogP contribution in [0.3, 0.4) is 0 Å². The van der Waals surface area contributed by atoms with Gasteiger partial charge in [-0.1, -0.05) is 13.8 Å². The number of nitrogens with one attached hydrogen (secondary N) is 1. The molecule has 0 radical (unpaired) electrons. The molecule has 0 aromatic heterocycles. The van der Waals surface area contributed by atoms with Crippen LogP contribution in [0.2, 0.25) is 0 Å². The molecule has 11 heavy (non-hydrogen) atoms. The van der Waals surface area contributed by atoms with E-state index in [2.05, 4.69) is 36.6 Å². The number of nitrogens with zero attached hydrogens (tertiary/aromatic N) is 1. The third-order valence-electron chi connectivity index (χ3n) is 1.67. The van der Waals surface area contributed by atoms with Crippen molar-refractivity contribution in [2.24, 2.45) is 16.8 Å². The summed E-state index contributed by atoms with van der Waals surface area (Å²) in [7, 11) is 0. The normalized spacial score (nSPS) is 14.3. The highest BCUT2D eigenvalue weighted by atomic mass is 32.1. The second kappa shape index (κ2) is 5.07. The first-order chi connectivity index (χ1) is 5.07. The summed E-state index contributed by atoms with van der Waals surface area (Å²) < 4.78 is 0. The molecule has 0 bridgehead atoms. The summed E-state index contributed by atoms with van der Waals surface area (Å²) in [5.41, 5.74) is 8.78. The molecule has 0 spiro atoms. The Morgan fingerprint density at radius 3 is 2.64 bits per heavy atom. The summed E-state index contributed by atoms with van der Waals surface area (Å²) >= 11 is 4.60. The molecule has 0 aromatic carbocycles. The molecule has 0 aromatic rings. The van der Waals surface area contributed by atoms with Crippen molar-refractivity contribution < 1.29 is 0 Å². The fraction of sp³-hybridized carbons (Fsp3) is 0.714. The summed E-state index contributed by atoms with van der Waals surface area (Å²) in [6.45, 7) is 6.18. The maximum absolute atomic E-state index is 5.20. The molecule has 0 fully saturated rings. The van der Waals surface area contributed by atoms with Gasteiger partial charge in [-0.3, -0.25) is 5.43 Å². The summed E-state index contributed by atoms with van der Waals surface area (Å²) in [6.07, 6.45) is 1.08. The van der Waals surface area contributed by atoms with Crippen LogP contribution in [0.5, 0.6) is 0 Å². The van der Waals surface area contributed by atoms with Gasteiger partial charge in [-0.05, 0) is 31.5 Å². The average molecular weight is 173 g/mol. The van der Waals surface area contributed by atoms with E-state index in [-0.39, 0.29) is 5.11 Å². The molecule has 3 N–H and O–H groups in total. The van der Waals surface area contributed by atoms with Gasteiger partial charge in [0.2, 0.25) is 0 Å². The number of nitrogens with two attached hydrogens (primary N) is 1. The van der Waals surface area contributed by atoms with Crippen molar-refractivity contribution in [3.63, 3.8) is 0 Å². The molecule has 0 rings (SSSR count).